The highest BCUT2D eigenvalue weighted by Gasteiger charge is 2.47. The predicted molar refractivity (Wildman–Crippen MR) is 71.6 cm³/mol. The summed E-state index contributed by atoms with van der Waals surface area (Å²) >= 11 is 1.41. The van der Waals surface area contributed by atoms with Gasteiger partial charge < -0.3 is 15.2 Å². The largest absolute Gasteiger partial charge is 0.481 e. The van der Waals surface area contributed by atoms with Crippen LogP contribution >= 0.6 is 11.3 Å². The topological polar surface area (TPSA) is 75.6 Å². The van der Waals surface area contributed by atoms with Crippen molar-refractivity contribution in [1.29, 1.82) is 0 Å². The molecule has 1 fully saturated rings. The van der Waals surface area contributed by atoms with E-state index < -0.39 is 17.4 Å². The van der Waals surface area contributed by atoms with Crippen molar-refractivity contribution < 1.29 is 19.4 Å². The van der Waals surface area contributed by atoms with Crippen molar-refractivity contribution in [1.82, 2.24) is 5.32 Å². The maximum absolute atomic E-state index is 12.1. The van der Waals surface area contributed by atoms with Gasteiger partial charge >= 0.3 is 5.97 Å². The van der Waals surface area contributed by atoms with Crippen LogP contribution in [0.1, 0.15) is 27.0 Å². The second-order valence-electron chi connectivity index (χ2n) is 5.11. The van der Waals surface area contributed by atoms with Crippen LogP contribution in [0.5, 0.6) is 0 Å². The van der Waals surface area contributed by atoms with E-state index in [9.17, 15) is 14.7 Å². The van der Waals surface area contributed by atoms with Crippen LogP contribution in [0.2, 0.25) is 0 Å². The van der Waals surface area contributed by atoms with E-state index in [-0.39, 0.29) is 19.1 Å². The molecule has 6 heteroatoms. The smallest absolute Gasteiger partial charge is 0.313 e. The fraction of sp³-hybridized carbons (Fsp3) is 0.538. The van der Waals surface area contributed by atoms with Gasteiger partial charge in [0.25, 0.3) is 5.91 Å². The van der Waals surface area contributed by atoms with Crippen LogP contribution in [0.4, 0.5) is 0 Å². The molecule has 0 aromatic carbocycles. The summed E-state index contributed by atoms with van der Waals surface area (Å²) in [5, 5.41) is 12.0. The number of hydrogen-bond acceptors (Lipinski definition) is 4. The molecule has 1 saturated heterocycles. The third-order valence-electron chi connectivity index (χ3n) is 3.64. The molecule has 2 atom stereocenters. The molecule has 1 aliphatic heterocycles. The monoisotopic (exact) mass is 283 g/mol. The van der Waals surface area contributed by atoms with E-state index in [0.717, 1.165) is 10.4 Å². The van der Waals surface area contributed by atoms with Gasteiger partial charge in [0.1, 0.15) is 5.41 Å². The van der Waals surface area contributed by atoms with E-state index in [1.165, 1.54) is 11.3 Å². The van der Waals surface area contributed by atoms with Crippen LogP contribution in [-0.4, -0.2) is 36.2 Å². The number of aliphatic carboxylic acids is 1. The summed E-state index contributed by atoms with van der Waals surface area (Å²) in [5.74, 6) is -1.18. The van der Waals surface area contributed by atoms with Gasteiger partial charge in [-0.05, 0) is 32.4 Å². The lowest BCUT2D eigenvalue weighted by Gasteiger charge is -2.25. The van der Waals surface area contributed by atoms with Crippen molar-refractivity contribution in [3.05, 3.63) is 21.4 Å². The third-order valence-corrected chi connectivity index (χ3v) is 4.79. The molecule has 1 aromatic rings. The first-order chi connectivity index (χ1) is 8.84. The summed E-state index contributed by atoms with van der Waals surface area (Å²) in [7, 11) is 0. The molecule has 2 heterocycles. The van der Waals surface area contributed by atoms with Crippen molar-refractivity contribution in [2.45, 2.75) is 26.8 Å². The van der Waals surface area contributed by atoms with Crippen LogP contribution in [0.25, 0.3) is 0 Å². The summed E-state index contributed by atoms with van der Waals surface area (Å²) in [6, 6.07) is 1.32. The number of nitrogens with one attached hydrogen (secondary N) is 1. The lowest BCUT2D eigenvalue weighted by atomic mass is 9.85. The van der Waals surface area contributed by atoms with E-state index >= 15 is 0 Å². The molecule has 1 aliphatic rings. The number of ether oxygens (including phenoxy) is 1. The summed E-state index contributed by atoms with van der Waals surface area (Å²) in [5.41, 5.74) is 0.00983. The summed E-state index contributed by atoms with van der Waals surface area (Å²) < 4.78 is 5.21. The van der Waals surface area contributed by atoms with Crippen LogP contribution in [0.3, 0.4) is 0 Å². The molecule has 2 N–H and O–H groups in total. The SMILES string of the molecule is Cc1cc(C(=O)NC2COCC2(C)C(=O)O)sc1C. The normalized spacial score (nSPS) is 26.4. The van der Waals surface area contributed by atoms with E-state index in [2.05, 4.69) is 5.32 Å². The Hall–Kier alpha value is -1.40. The number of hydrogen-bond donors (Lipinski definition) is 2. The van der Waals surface area contributed by atoms with Gasteiger partial charge in [0.05, 0.1) is 24.1 Å². The first kappa shape index (κ1) is 14.0. The summed E-state index contributed by atoms with van der Waals surface area (Å²) in [6.45, 7) is 5.85. The van der Waals surface area contributed by atoms with Gasteiger partial charge in [-0.15, -0.1) is 11.3 Å². The summed E-state index contributed by atoms with van der Waals surface area (Å²) in [4.78, 5) is 25.1. The average Bonchev–Trinajstić information content (AvgIpc) is 2.86. The highest BCUT2D eigenvalue weighted by Crippen LogP contribution is 2.29. The van der Waals surface area contributed by atoms with Crippen LogP contribution in [-0.2, 0) is 9.53 Å². The van der Waals surface area contributed by atoms with E-state index in [4.69, 9.17) is 4.74 Å². The lowest BCUT2D eigenvalue weighted by molar-refractivity contribution is -0.148. The minimum atomic E-state index is -1.06. The minimum Gasteiger partial charge on any atom is -0.481 e. The Morgan fingerprint density at radius 2 is 2.21 bits per heavy atom. The number of aryl methyl sites for hydroxylation is 2. The van der Waals surface area contributed by atoms with Crippen molar-refractivity contribution in [3.63, 3.8) is 0 Å². The Labute approximate surface area is 115 Å². The molecular weight excluding hydrogens is 266 g/mol. The molecule has 1 aromatic heterocycles. The quantitative estimate of drug-likeness (QED) is 0.883. The summed E-state index contributed by atoms with van der Waals surface area (Å²) in [6.07, 6.45) is 0. The molecule has 0 aliphatic carbocycles. The van der Waals surface area contributed by atoms with Crippen molar-refractivity contribution in [2.75, 3.05) is 13.2 Å². The zero-order valence-electron chi connectivity index (χ0n) is 11.1. The zero-order chi connectivity index (χ0) is 14.2. The van der Waals surface area contributed by atoms with E-state index in [1.54, 1.807) is 6.92 Å². The molecule has 5 nitrogen and oxygen atoms in total. The Balaban J connectivity index is 2.13. The molecule has 0 bridgehead atoms. The first-order valence-electron chi connectivity index (χ1n) is 6.03. The van der Waals surface area contributed by atoms with Crippen LogP contribution in [0, 0.1) is 19.3 Å². The number of carboxylic acids is 1. The number of rotatable bonds is 3. The second-order valence-corrected chi connectivity index (χ2v) is 6.37. The average molecular weight is 283 g/mol. The molecule has 19 heavy (non-hydrogen) atoms. The highest BCUT2D eigenvalue weighted by molar-refractivity contribution is 7.14. The first-order valence-corrected chi connectivity index (χ1v) is 6.85. The molecule has 1 amide bonds. The Bertz CT molecular complexity index is 505. The molecule has 0 radical (unpaired) electrons. The van der Waals surface area contributed by atoms with Gasteiger partial charge in [-0.1, -0.05) is 0 Å². The Morgan fingerprint density at radius 3 is 2.74 bits per heavy atom. The minimum absolute atomic E-state index is 0.121. The molecule has 2 rings (SSSR count). The van der Waals surface area contributed by atoms with Gasteiger partial charge in [-0.2, -0.15) is 0 Å². The molecule has 2 unspecified atom stereocenters. The second kappa shape index (κ2) is 4.94. The van der Waals surface area contributed by atoms with Gasteiger partial charge in [-0.25, -0.2) is 0 Å². The van der Waals surface area contributed by atoms with Gasteiger partial charge in [0.2, 0.25) is 0 Å². The van der Waals surface area contributed by atoms with Gasteiger partial charge in [-0.3, -0.25) is 9.59 Å². The van der Waals surface area contributed by atoms with Crippen molar-refractivity contribution >= 4 is 23.2 Å². The number of carbonyl (C=O) groups is 2. The molecular formula is C13H17NO4S. The number of thiophene rings is 1. The maximum Gasteiger partial charge on any atom is 0.313 e. The fourth-order valence-electron chi connectivity index (χ4n) is 2.00. The van der Waals surface area contributed by atoms with Crippen molar-refractivity contribution in [3.8, 4) is 0 Å². The van der Waals surface area contributed by atoms with Crippen LogP contribution < -0.4 is 5.32 Å². The molecule has 0 saturated carbocycles. The lowest BCUT2D eigenvalue weighted by Crippen LogP contribution is -2.49. The van der Waals surface area contributed by atoms with Crippen LogP contribution in [0.15, 0.2) is 6.07 Å². The Morgan fingerprint density at radius 1 is 1.53 bits per heavy atom. The molecule has 0 spiro atoms. The number of carboxylic acid groups (broad SMARTS) is 1. The standard InChI is InChI=1S/C13H17NO4S/c1-7-4-9(19-8(7)2)11(15)14-10-5-18-6-13(10,3)12(16)17/h4,10H,5-6H2,1-3H3,(H,14,15)(H,16,17). The number of amides is 1. The maximum atomic E-state index is 12.1. The predicted octanol–water partition coefficient (Wildman–Crippen LogP) is 1.58. The third kappa shape index (κ3) is 2.50. The van der Waals surface area contributed by atoms with E-state index in [0.29, 0.717) is 4.88 Å². The van der Waals surface area contributed by atoms with Gasteiger partial charge in [0, 0.05) is 4.88 Å². The Kier molecular flexibility index (Phi) is 3.64. The molecule has 104 valence electrons. The van der Waals surface area contributed by atoms with Gasteiger partial charge in [0.15, 0.2) is 0 Å². The van der Waals surface area contributed by atoms with Crippen molar-refractivity contribution in [2.24, 2.45) is 5.41 Å². The highest BCUT2D eigenvalue weighted by atomic mass is 32.1. The fourth-order valence-corrected chi connectivity index (χ4v) is 2.94. The number of carbonyl (C=O) groups excluding carboxylic acids is 1. The van der Waals surface area contributed by atoms with E-state index in [1.807, 2.05) is 19.9 Å². The zero-order valence-corrected chi connectivity index (χ0v) is 12.0.